The Labute approximate surface area is 176 Å². The number of nitrogen functional groups attached to an aromatic ring is 1. The van der Waals surface area contributed by atoms with Gasteiger partial charge in [0, 0.05) is 6.20 Å². The quantitative estimate of drug-likeness (QED) is 0.176. The Kier molecular flexibility index (Phi) is 7.21. The van der Waals surface area contributed by atoms with Crippen molar-refractivity contribution < 1.29 is 65.0 Å². The molecule has 1 aliphatic rings. The third-order valence-corrected chi connectivity index (χ3v) is 7.42. The molecule has 2 rings (SSSR count). The third kappa shape index (κ3) is 5.86. The summed E-state index contributed by atoms with van der Waals surface area (Å²) in [5.41, 5.74) is 0.516. The van der Waals surface area contributed by atoms with E-state index in [0.29, 0.717) is 4.57 Å². The number of ether oxygens (including phenoxy) is 1. The number of terminal acetylenes is 1. The zero-order valence-corrected chi connectivity index (χ0v) is 17.8. The summed E-state index contributed by atoms with van der Waals surface area (Å²) < 4.78 is 79.6. The number of nitrogens with two attached hydrogens (primary N) is 1. The van der Waals surface area contributed by atoms with E-state index in [4.69, 9.17) is 26.8 Å². The van der Waals surface area contributed by atoms with Crippen LogP contribution in [0.25, 0.3) is 0 Å². The van der Waals surface area contributed by atoms with E-state index in [1.807, 2.05) is 0 Å². The van der Waals surface area contributed by atoms with Gasteiger partial charge in [-0.3, -0.25) is 9.09 Å². The van der Waals surface area contributed by atoms with Crippen molar-refractivity contribution in [1.82, 2.24) is 9.55 Å². The van der Waals surface area contributed by atoms with Crippen LogP contribution in [-0.2, 0) is 31.6 Å². The lowest BCUT2D eigenvalue weighted by atomic mass is 9.96. The molecule has 0 saturated carbocycles. The summed E-state index contributed by atoms with van der Waals surface area (Å²) in [4.78, 5) is 50.5. The highest BCUT2D eigenvalue weighted by molar-refractivity contribution is 7.66. The average molecular weight is 527 g/mol. The van der Waals surface area contributed by atoms with Gasteiger partial charge in [0.05, 0.1) is 0 Å². The van der Waals surface area contributed by atoms with Gasteiger partial charge in [-0.15, -0.1) is 6.42 Å². The fourth-order valence-corrected chi connectivity index (χ4v) is 5.42. The van der Waals surface area contributed by atoms with Gasteiger partial charge >= 0.3 is 29.2 Å². The van der Waals surface area contributed by atoms with Crippen molar-refractivity contribution in [3.05, 3.63) is 22.7 Å². The lowest BCUT2D eigenvalue weighted by Gasteiger charge is -2.25. The standard InChI is InChI=1S/C11H14F2N3O13P3/c1-2-10(12)7(17)11(13,27-8(10)16-4-3-6(14)15-9(16)18)5-26-31(22,23)29-32(24,25)28-30(19,20)21/h1,3-4,7-8,17H,5H2,(H,22,23)(H,24,25)(H2,14,15,18)(H2,19,20,21)/t7-,8+,10+,11+/m0/s1. The number of aromatic nitrogens is 2. The van der Waals surface area contributed by atoms with Gasteiger partial charge in [0.1, 0.15) is 12.4 Å². The molecule has 32 heavy (non-hydrogen) atoms. The molecular formula is C11H14F2N3O13P3. The summed E-state index contributed by atoms with van der Waals surface area (Å²) in [5, 5.41) is 10.0. The Hall–Kier alpha value is -1.57. The topological polar surface area (TPSA) is 250 Å². The van der Waals surface area contributed by atoms with Crippen molar-refractivity contribution >= 4 is 29.3 Å². The van der Waals surface area contributed by atoms with E-state index in [0.717, 1.165) is 12.3 Å². The first-order valence-corrected chi connectivity index (χ1v) is 12.2. The lowest BCUT2D eigenvalue weighted by Crippen LogP contribution is -2.48. The molecule has 0 bridgehead atoms. The van der Waals surface area contributed by atoms with Gasteiger partial charge in [-0.1, -0.05) is 5.92 Å². The Balaban J connectivity index is 2.27. The fraction of sp³-hybridized carbons (Fsp3) is 0.455. The first-order valence-electron chi connectivity index (χ1n) is 7.69. The molecule has 1 aromatic rings. The summed E-state index contributed by atoms with van der Waals surface area (Å²) in [6.07, 6.45) is 0.421. The number of hydrogen-bond donors (Lipinski definition) is 6. The Bertz CT molecular complexity index is 1140. The molecular weight excluding hydrogens is 513 g/mol. The van der Waals surface area contributed by atoms with Gasteiger partial charge in [-0.25, -0.2) is 27.3 Å². The van der Waals surface area contributed by atoms with Gasteiger partial charge in [-0.2, -0.15) is 13.6 Å². The van der Waals surface area contributed by atoms with Crippen LogP contribution in [0.4, 0.5) is 14.6 Å². The molecule has 2 heterocycles. The molecule has 0 aliphatic carbocycles. The van der Waals surface area contributed by atoms with E-state index in [-0.39, 0.29) is 5.82 Å². The highest BCUT2D eigenvalue weighted by Gasteiger charge is 2.67. The Morgan fingerprint density at radius 1 is 1.25 bits per heavy atom. The van der Waals surface area contributed by atoms with E-state index in [2.05, 4.69) is 22.9 Å². The van der Waals surface area contributed by atoms with Crippen LogP contribution in [0, 0.1) is 12.3 Å². The zero-order valence-electron chi connectivity index (χ0n) is 15.2. The fourth-order valence-electron chi connectivity index (χ4n) is 2.38. The van der Waals surface area contributed by atoms with Crippen LogP contribution in [0.5, 0.6) is 0 Å². The van der Waals surface area contributed by atoms with Crippen molar-refractivity contribution in [3.8, 4) is 12.3 Å². The number of phosphoric ester groups is 1. The third-order valence-electron chi connectivity index (χ3n) is 3.64. The summed E-state index contributed by atoms with van der Waals surface area (Å²) >= 11 is 0. The van der Waals surface area contributed by atoms with Crippen LogP contribution in [-0.4, -0.2) is 58.5 Å². The number of aliphatic hydroxyl groups is 1. The SMILES string of the molecule is C#C[C@]1(F)[C@H](n2ccc(N)nc2=O)O[C@](F)(COP(=O)(O)OP(=O)(O)OP(=O)(O)O)[C@H]1O. The van der Waals surface area contributed by atoms with Crippen LogP contribution < -0.4 is 11.4 Å². The average Bonchev–Trinajstić information content (AvgIpc) is 2.80. The molecule has 21 heteroatoms. The summed E-state index contributed by atoms with van der Waals surface area (Å²) in [5.74, 6) is -2.69. The molecule has 0 spiro atoms. The molecule has 0 aromatic carbocycles. The molecule has 7 N–H and O–H groups in total. The maximum Gasteiger partial charge on any atom is 0.490 e. The number of alkyl halides is 2. The van der Waals surface area contributed by atoms with Gasteiger partial charge in [-0.05, 0) is 6.07 Å². The van der Waals surface area contributed by atoms with E-state index in [1.54, 1.807) is 0 Å². The second-order valence-electron chi connectivity index (χ2n) is 5.98. The summed E-state index contributed by atoms with van der Waals surface area (Å²) in [7, 11) is -17.5. The van der Waals surface area contributed by atoms with Gasteiger partial charge in [0.2, 0.25) is 5.67 Å². The number of phosphoric acid groups is 3. The van der Waals surface area contributed by atoms with Crippen LogP contribution in [0.1, 0.15) is 6.23 Å². The second-order valence-corrected chi connectivity index (χ2v) is 10.4. The highest BCUT2D eigenvalue weighted by atomic mass is 31.3. The molecule has 0 amide bonds. The van der Waals surface area contributed by atoms with Gasteiger partial charge in [0.25, 0.3) is 5.85 Å². The second kappa shape index (κ2) is 8.65. The maximum absolute atomic E-state index is 15.2. The first-order chi connectivity index (χ1) is 14.3. The van der Waals surface area contributed by atoms with Gasteiger partial charge < -0.3 is 35.2 Å². The highest BCUT2D eigenvalue weighted by Crippen LogP contribution is 2.66. The van der Waals surface area contributed by atoms with E-state index >= 15 is 8.78 Å². The summed E-state index contributed by atoms with van der Waals surface area (Å²) in [6.45, 7) is -1.90. The number of nitrogens with zero attached hydrogens (tertiary/aromatic N) is 2. The number of anilines is 1. The van der Waals surface area contributed by atoms with Crippen LogP contribution >= 0.6 is 23.5 Å². The van der Waals surface area contributed by atoms with Gasteiger partial charge in [0.15, 0.2) is 12.3 Å². The number of halogens is 2. The summed E-state index contributed by atoms with van der Waals surface area (Å²) in [6, 6.07) is 0.971. The normalized spacial score (nSPS) is 32.1. The smallest absolute Gasteiger partial charge is 0.383 e. The zero-order chi connectivity index (χ0) is 24.8. The van der Waals surface area contributed by atoms with Crippen molar-refractivity contribution in [1.29, 1.82) is 0 Å². The minimum absolute atomic E-state index is 0.311. The maximum atomic E-state index is 15.2. The number of rotatable bonds is 8. The predicted molar refractivity (Wildman–Crippen MR) is 95.4 cm³/mol. The van der Waals surface area contributed by atoms with E-state index in [9.17, 15) is 28.5 Å². The molecule has 1 aromatic heterocycles. The molecule has 16 nitrogen and oxygen atoms in total. The minimum Gasteiger partial charge on any atom is -0.383 e. The van der Waals surface area contributed by atoms with Crippen molar-refractivity contribution in [2.75, 3.05) is 12.3 Å². The minimum atomic E-state index is -5.94. The number of aliphatic hydroxyl groups excluding tert-OH is 1. The molecule has 2 unspecified atom stereocenters. The largest absolute Gasteiger partial charge is 0.490 e. The van der Waals surface area contributed by atoms with Crippen LogP contribution in [0.15, 0.2) is 17.1 Å². The molecule has 1 saturated heterocycles. The number of hydrogen-bond acceptors (Lipinski definition) is 11. The van der Waals surface area contributed by atoms with Crippen LogP contribution in [0.2, 0.25) is 0 Å². The predicted octanol–water partition coefficient (Wildman–Crippen LogP) is -0.934. The lowest BCUT2D eigenvalue weighted by molar-refractivity contribution is -0.204. The van der Waals surface area contributed by atoms with E-state index < -0.39 is 59.6 Å². The van der Waals surface area contributed by atoms with Crippen molar-refractivity contribution in [3.63, 3.8) is 0 Å². The molecule has 0 radical (unpaired) electrons. The van der Waals surface area contributed by atoms with E-state index in [1.165, 1.54) is 5.92 Å². The van der Waals surface area contributed by atoms with Crippen molar-refractivity contribution in [2.24, 2.45) is 0 Å². The Morgan fingerprint density at radius 2 is 1.84 bits per heavy atom. The van der Waals surface area contributed by atoms with Crippen LogP contribution in [0.3, 0.4) is 0 Å². The molecule has 1 fully saturated rings. The first kappa shape index (κ1) is 26.7. The Morgan fingerprint density at radius 3 is 2.34 bits per heavy atom. The molecule has 1 aliphatic heterocycles. The monoisotopic (exact) mass is 527 g/mol. The molecule has 6 atom stereocenters. The van der Waals surface area contributed by atoms with Crippen molar-refractivity contribution in [2.45, 2.75) is 23.9 Å². The molecule has 180 valence electrons.